The molecule has 1 aliphatic rings. The SMILES string of the molecule is CNC(=O)c1ccccc1-c1ccc2c(c1)OC(F)(F)O2. The van der Waals surface area contributed by atoms with Crippen LogP contribution in [0.15, 0.2) is 42.5 Å². The molecule has 1 aliphatic heterocycles. The normalized spacial score (nSPS) is 14.8. The fraction of sp³-hybridized carbons (Fsp3) is 0.133. The van der Waals surface area contributed by atoms with E-state index in [9.17, 15) is 13.6 Å². The Morgan fingerprint density at radius 3 is 2.57 bits per heavy atom. The van der Waals surface area contributed by atoms with Crippen LogP contribution in [0.25, 0.3) is 11.1 Å². The van der Waals surface area contributed by atoms with Gasteiger partial charge in [0.2, 0.25) is 0 Å². The molecule has 4 nitrogen and oxygen atoms in total. The monoisotopic (exact) mass is 291 g/mol. The van der Waals surface area contributed by atoms with E-state index in [0.717, 1.165) is 0 Å². The van der Waals surface area contributed by atoms with Gasteiger partial charge in [0.25, 0.3) is 5.91 Å². The van der Waals surface area contributed by atoms with Gasteiger partial charge in [-0.2, -0.15) is 0 Å². The molecule has 1 heterocycles. The van der Waals surface area contributed by atoms with E-state index in [4.69, 9.17) is 0 Å². The topological polar surface area (TPSA) is 47.6 Å². The molecule has 0 radical (unpaired) electrons. The van der Waals surface area contributed by atoms with Gasteiger partial charge < -0.3 is 14.8 Å². The minimum absolute atomic E-state index is 0.0267. The molecular formula is C15H11F2NO3. The third-order valence-corrected chi connectivity index (χ3v) is 3.11. The number of halogens is 2. The van der Waals surface area contributed by atoms with Crippen molar-refractivity contribution in [2.24, 2.45) is 0 Å². The summed E-state index contributed by atoms with van der Waals surface area (Å²) in [5, 5.41) is 2.54. The first-order valence-corrected chi connectivity index (χ1v) is 6.21. The van der Waals surface area contributed by atoms with Crippen LogP contribution in [0.4, 0.5) is 8.78 Å². The summed E-state index contributed by atoms with van der Waals surface area (Å²) < 4.78 is 34.8. The summed E-state index contributed by atoms with van der Waals surface area (Å²) in [6.45, 7) is 0. The van der Waals surface area contributed by atoms with Gasteiger partial charge in [0, 0.05) is 12.6 Å². The van der Waals surface area contributed by atoms with E-state index >= 15 is 0 Å². The number of carbonyl (C=O) groups is 1. The largest absolute Gasteiger partial charge is 0.586 e. The van der Waals surface area contributed by atoms with E-state index in [0.29, 0.717) is 16.7 Å². The molecule has 2 aromatic carbocycles. The third-order valence-electron chi connectivity index (χ3n) is 3.11. The van der Waals surface area contributed by atoms with Crippen LogP contribution in [0.5, 0.6) is 11.5 Å². The average molecular weight is 291 g/mol. The summed E-state index contributed by atoms with van der Waals surface area (Å²) in [6, 6.07) is 11.3. The molecule has 0 unspecified atom stereocenters. The average Bonchev–Trinajstić information content (AvgIpc) is 2.79. The second kappa shape index (κ2) is 4.73. The van der Waals surface area contributed by atoms with Gasteiger partial charge in [0.05, 0.1) is 0 Å². The highest BCUT2D eigenvalue weighted by Gasteiger charge is 2.43. The van der Waals surface area contributed by atoms with E-state index in [1.165, 1.54) is 19.2 Å². The molecule has 0 atom stereocenters. The second-order valence-corrected chi connectivity index (χ2v) is 4.45. The standard InChI is InChI=1S/C15H11F2NO3/c1-18-14(19)11-5-3-2-4-10(11)9-6-7-12-13(8-9)21-15(16,17)20-12/h2-8H,1H3,(H,18,19). The van der Waals surface area contributed by atoms with Crippen LogP contribution in [0.3, 0.4) is 0 Å². The van der Waals surface area contributed by atoms with Crippen molar-refractivity contribution in [3.8, 4) is 22.6 Å². The molecule has 0 spiro atoms. The Morgan fingerprint density at radius 1 is 1.10 bits per heavy atom. The van der Waals surface area contributed by atoms with Crippen molar-refractivity contribution in [1.82, 2.24) is 5.32 Å². The maximum Gasteiger partial charge on any atom is 0.586 e. The lowest BCUT2D eigenvalue weighted by Crippen LogP contribution is -2.25. The van der Waals surface area contributed by atoms with Crippen LogP contribution in [-0.4, -0.2) is 19.2 Å². The number of hydrogen-bond donors (Lipinski definition) is 1. The number of nitrogens with one attached hydrogen (secondary N) is 1. The molecule has 1 amide bonds. The van der Waals surface area contributed by atoms with E-state index in [2.05, 4.69) is 14.8 Å². The first kappa shape index (κ1) is 13.4. The lowest BCUT2D eigenvalue weighted by atomic mass is 9.99. The molecule has 0 saturated heterocycles. The Balaban J connectivity index is 2.06. The van der Waals surface area contributed by atoms with Gasteiger partial charge >= 0.3 is 6.29 Å². The van der Waals surface area contributed by atoms with E-state index in [-0.39, 0.29) is 17.4 Å². The zero-order chi connectivity index (χ0) is 15.0. The summed E-state index contributed by atoms with van der Waals surface area (Å²) in [7, 11) is 1.53. The van der Waals surface area contributed by atoms with Gasteiger partial charge in [0.15, 0.2) is 11.5 Å². The van der Waals surface area contributed by atoms with Crippen molar-refractivity contribution < 1.29 is 23.0 Å². The summed E-state index contributed by atoms with van der Waals surface area (Å²) >= 11 is 0. The number of alkyl halides is 2. The number of amides is 1. The predicted octanol–water partition coefficient (Wildman–Crippen LogP) is 3.03. The molecule has 0 saturated carbocycles. The molecule has 6 heteroatoms. The molecule has 108 valence electrons. The van der Waals surface area contributed by atoms with Crippen LogP contribution in [0.2, 0.25) is 0 Å². The first-order valence-electron chi connectivity index (χ1n) is 6.21. The summed E-state index contributed by atoms with van der Waals surface area (Å²) in [5.74, 6) is -0.334. The summed E-state index contributed by atoms with van der Waals surface area (Å²) in [4.78, 5) is 11.9. The molecule has 21 heavy (non-hydrogen) atoms. The molecule has 0 aromatic heterocycles. The van der Waals surface area contributed by atoms with Crippen LogP contribution < -0.4 is 14.8 Å². The second-order valence-electron chi connectivity index (χ2n) is 4.45. The minimum atomic E-state index is -3.65. The van der Waals surface area contributed by atoms with Crippen molar-refractivity contribution in [3.63, 3.8) is 0 Å². The first-order chi connectivity index (χ1) is 10.00. The Morgan fingerprint density at radius 2 is 1.81 bits per heavy atom. The smallest absolute Gasteiger partial charge is 0.395 e. The highest BCUT2D eigenvalue weighted by atomic mass is 19.3. The number of rotatable bonds is 2. The number of benzene rings is 2. The van der Waals surface area contributed by atoms with Gasteiger partial charge in [-0.15, -0.1) is 8.78 Å². The molecular weight excluding hydrogens is 280 g/mol. The van der Waals surface area contributed by atoms with E-state index in [1.54, 1.807) is 30.3 Å². The minimum Gasteiger partial charge on any atom is -0.395 e. The summed E-state index contributed by atoms with van der Waals surface area (Å²) in [6.07, 6.45) is -3.65. The van der Waals surface area contributed by atoms with E-state index < -0.39 is 6.29 Å². The predicted molar refractivity (Wildman–Crippen MR) is 71.5 cm³/mol. The van der Waals surface area contributed by atoms with Crippen molar-refractivity contribution in [1.29, 1.82) is 0 Å². The van der Waals surface area contributed by atoms with Gasteiger partial charge in [-0.25, -0.2) is 0 Å². The molecule has 3 rings (SSSR count). The Hall–Kier alpha value is -2.63. The molecule has 0 aliphatic carbocycles. The highest BCUT2D eigenvalue weighted by Crippen LogP contribution is 2.43. The molecule has 0 bridgehead atoms. The lowest BCUT2D eigenvalue weighted by molar-refractivity contribution is -0.286. The third kappa shape index (κ3) is 2.40. The van der Waals surface area contributed by atoms with Gasteiger partial charge in [-0.1, -0.05) is 24.3 Å². The molecule has 0 fully saturated rings. The Labute approximate surface area is 119 Å². The van der Waals surface area contributed by atoms with Gasteiger partial charge in [0.1, 0.15) is 0 Å². The number of ether oxygens (including phenoxy) is 2. The highest BCUT2D eigenvalue weighted by molar-refractivity contribution is 6.00. The van der Waals surface area contributed by atoms with Crippen molar-refractivity contribution in [2.45, 2.75) is 6.29 Å². The van der Waals surface area contributed by atoms with E-state index in [1.807, 2.05) is 0 Å². The number of carbonyl (C=O) groups excluding carboxylic acids is 1. The van der Waals surface area contributed by atoms with Crippen LogP contribution in [0.1, 0.15) is 10.4 Å². The van der Waals surface area contributed by atoms with Gasteiger partial charge in [-0.3, -0.25) is 4.79 Å². The van der Waals surface area contributed by atoms with Crippen molar-refractivity contribution in [2.75, 3.05) is 7.05 Å². The zero-order valence-electron chi connectivity index (χ0n) is 11.0. The fourth-order valence-corrected chi connectivity index (χ4v) is 2.18. The summed E-state index contributed by atoms with van der Waals surface area (Å²) in [5.41, 5.74) is 1.67. The molecule has 2 aromatic rings. The van der Waals surface area contributed by atoms with Crippen molar-refractivity contribution >= 4 is 5.91 Å². The zero-order valence-corrected chi connectivity index (χ0v) is 11.0. The van der Waals surface area contributed by atoms with Crippen molar-refractivity contribution in [3.05, 3.63) is 48.0 Å². The Kier molecular flexibility index (Phi) is 3.01. The lowest BCUT2D eigenvalue weighted by Gasteiger charge is -2.09. The fourth-order valence-electron chi connectivity index (χ4n) is 2.18. The Bertz CT molecular complexity index is 716. The van der Waals surface area contributed by atoms with Crippen LogP contribution in [0, 0.1) is 0 Å². The maximum absolute atomic E-state index is 13.0. The quantitative estimate of drug-likeness (QED) is 0.925. The van der Waals surface area contributed by atoms with Crippen LogP contribution >= 0.6 is 0 Å². The molecule has 1 N–H and O–H groups in total. The van der Waals surface area contributed by atoms with Crippen LogP contribution in [-0.2, 0) is 0 Å². The maximum atomic E-state index is 13.0. The van der Waals surface area contributed by atoms with Gasteiger partial charge in [-0.05, 0) is 29.3 Å². The number of hydrogen-bond acceptors (Lipinski definition) is 3. The number of fused-ring (bicyclic) bond motifs is 1.